The van der Waals surface area contributed by atoms with E-state index in [0.717, 1.165) is 36.2 Å². The van der Waals surface area contributed by atoms with E-state index in [4.69, 9.17) is 0 Å². The maximum atomic E-state index is 12.6. The fraction of sp³-hybridized carbons (Fsp3) is 0.526. The Hall–Kier alpha value is -1.82. The second-order valence-electron chi connectivity index (χ2n) is 7.16. The number of carbonyl (C=O) groups excluding carboxylic acids is 1. The number of hydrogen-bond acceptors (Lipinski definition) is 4. The Balaban J connectivity index is 1.50. The molecule has 1 unspecified atom stereocenters. The minimum absolute atomic E-state index is 0.215. The molecule has 0 bridgehead atoms. The maximum Gasteiger partial charge on any atom is 0.233 e. The van der Waals surface area contributed by atoms with Gasteiger partial charge in [0.2, 0.25) is 5.91 Å². The minimum atomic E-state index is 0.215. The van der Waals surface area contributed by atoms with Crippen molar-refractivity contribution in [2.45, 2.75) is 43.7 Å². The molecule has 0 spiro atoms. The highest BCUT2D eigenvalue weighted by molar-refractivity contribution is 7.99. The maximum absolute atomic E-state index is 12.6. The van der Waals surface area contributed by atoms with Crippen molar-refractivity contribution in [3.8, 4) is 5.69 Å². The van der Waals surface area contributed by atoms with Gasteiger partial charge in [0.15, 0.2) is 5.16 Å². The number of amides is 1. The van der Waals surface area contributed by atoms with Crippen LogP contribution in [-0.4, -0.2) is 44.4 Å². The third-order valence-electron chi connectivity index (χ3n) is 4.95. The molecule has 2 aromatic rings. The molecule has 0 radical (unpaired) electrons. The number of carbonyl (C=O) groups is 1. The van der Waals surface area contributed by atoms with Crippen molar-refractivity contribution in [1.29, 1.82) is 0 Å². The molecule has 25 heavy (non-hydrogen) atoms. The van der Waals surface area contributed by atoms with Crippen molar-refractivity contribution in [3.63, 3.8) is 0 Å². The number of hydrogen-bond donors (Lipinski definition) is 0. The fourth-order valence-electron chi connectivity index (χ4n) is 3.43. The Labute approximate surface area is 152 Å². The number of nitrogens with zero attached hydrogens (tertiary/aromatic N) is 4. The summed E-state index contributed by atoms with van der Waals surface area (Å²) in [7, 11) is 0. The number of aromatic nitrogens is 3. The van der Waals surface area contributed by atoms with Crippen LogP contribution in [0.4, 0.5) is 0 Å². The van der Waals surface area contributed by atoms with Crippen molar-refractivity contribution in [1.82, 2.24) is 19.7 Å². The van der Waals surface area contributed by atoms with E-state index in [-0.39, 0.29) is 5.91 Å². The van der Waals surface area contributed by atoms with Gasteiger partial charge in [0.1, 0.15) is 5.82 Å². The molecule has 2 aliphatic rings. The van der Waals surface area contributed by atoms with Crippen LogP contribution in [0, 0.1) is 5.92 Å². The number of thioether (sulfide) groups is 1. The summed E-state index contributed by atoms with van der Waals surface area (Å²) in [5.41, 5.74) is 1.08. The van der Waals surface area contributed by atoms with Gasteiger partial charge in [0.25, 0.3) is 0 Å². The van der Waals surface area contributed by atoms with Gasteiger partial charge >= 0.3 is 0 Å². The standard InChI is InChI=1S/C19H24N4OS/c1-14-6-5-11-22(12-14)17(24)13-25-19-21-20-18(15-9-10-15)23(19)16-7-3-2-4-8-16/h2-4,7-8,14-15H,5-6,9-13H2,1H3. The van der Waals surface area contributed by atoms with Gasteiger partial charge in [-0.1, -0.05) is 36.9 Å². The SMILES string of the molecule is CC1CCCN(C(=O)CSc2nnc(C3CC3)n2-c2ccccc2)C1. The van der Waals surface area contributed by atoms with E-state index in [2.05, 4.69) is 33.8 Å². The normalized spacial score (nSPS) is 20.7. The molecule has 1 amide bonds. The summed E-state index contributed by atoms with van der Waals surface area (Å²) in [4.78, 5) is 14.6. The molecule has 2 heterocycles. The smallest absolute Gasteiger partial charge is 0.233 e. The summed E-state index contributed by atoms with van der Waals surface area (Å²) >= 11 is 1.51. The molecule has 5 nitrogen and oxygen atoms in total. The Kier molecular flexibility index (Phi) is 4.79. The average molecular weight is 356 g/mol. The number of benzene rings is 1. The van der Waals surface area contributed by atoms with Crippen molar-refractivity contribution >= 4 is 17.7 Å². The minimum Gasteiger partial charge on any atom is -0.342 e. The van der Waals surface area contributed by atoms with Gasteiger partial charge in [0, 0.05) is 24.7 Å². The van der Waals surface area contributed by atoms with E-state index in [1.807, 2.05) is 23.1 Å². The third-order valence-corrected chi connectivity index (χ3v) is 5.86. The lowest BCUT2D eigenvalue weighted by Gasteiger charge is -2.30. The summed E-state index contributed by atoms with van der Waals surface area (Å²) in [6, 6.07) is 10.2. The predicted octanol–water partition coefficient (Wildman–Crippen LogP) is 3.50. The number of piperidine rings is 1. The Morgan fingerprint density at radius 2 is 2.00 bits per heavy atom. The van der Waals surface area contributed by atoms with Crippen molar-refractivity contribution in [2.24, 2.45) is 5.92 Å². The van der Waals surface area contributed by atoms with Crippen LogP contribution in [-0.2, 0) is 4.79 Å². The fourth-order valence-corrected chi connectivity index (χ4v) is 4.30. The predicted molar refractivity (Wildman–Crippen MR) is 99.0 cm³/mol. The molecule has 132 valence electrons. The van der Waals surface area contributed by atoms with Crippen molar-refractivity contribution in [3.05, 3.63) is 36.2 Å². The Morgan fingerprint density at radius 3 is 2.72 bits per heavy atom. The second-order valence-corrected chi connectivity index (χ2v) is 8.10. The van der Waals surface area contributed by atoms with E-state index in [9.17, 15) is 4.79 Å². The molecular formula is C19H24N4OS. The van der Waals surface area contributed by atoms with E-state index in [1.54, 1.807) is 0 Å². The molecule has 2 fully saturated rings. The van der Waals surface area contributed by atoms with Crippen molar-refractivity contribution < 1.29 is 4.79 Å². The number of para-hydroxylation sites is 1. The largest absolute Gasteiger partial charge is 0.342 e. The number of likely N-dealkylation sites (tertiary alicyclic amines) is 1. The van der Waals surface area contributed by atoms with Gasteiger partial charge < -0.3 is 4.90 Å². The van der Waals surface area contributed by atoms with Crippen LogP contribution in [0.2, 0.25) is 0 Å². The molecule has 1 aromatic carbocycles. The van der Waals surface area contributed by atoms with Crippen LogP contribution < -0.4 is 0 Å². The lowest BCUT2D eigenvalue weighted by Crippen LogP contribution is -2.40. The van der Waals surface area contributed by atoms with Crippen LogP contribution >= 0.6 is 11.8 Å². The molecule has 1 saturated carbocycles. The first kappa shape index (κ1) is 16.6. The molecule has 0 N–H and O–H groups in total. The topological polar surface area (TPSA) is 51.0 Å². The summed E-state index contributed by atoms with van der Waals surface area (Å²) in [5, 5.41) is 9.64. The Morgan fingerprint density at radius 1 is 1.20 bits per heavy atom. The van der Waals surface area contributed by atoms with Gasteiger partial charge in [-0.2, -0.15) is 0 Å². The van der Waals surface area contributed by atoms with E-state index < -0.39 is 0 Å². The summed E-state index contributed by atoms with van der Waals surface area (Å²) < 4.78 is 2.13. The van der Waals surface area contributed by atoms with Crippen LogP contribution in [0.5, 0.6) is 0 Å². The molecule has 6 heteroatoms. The molecular weight excluding hydrogens is 332 g/mol. The van der Waals surface area contributed by atoms with Gasteiger partial charge in [-0.3, -0.25) is 9.36 Å². The second kappa shape index (κ2) is 7.20. The monoisotopic (exact) mass is 356 g/mol. The first-order chi connectivity index (χ1) is 12.2. The highest BCUT2D eigenvalue weighted by atomic mass is 32.2. The van der Waals surface area contributed by atoms with Gasteiger partial charge in [-0.25, -0.2) is 0 Å². The lowest BCUT2D eigenvalue weighted by molar-refractivity contribution is -0.130. The molecule has 1 aromatic heterocycles. The van der Waals surface area contributed by atoms with Crippen LogP contribution in [0.3, 0.4) is 0 Å². The van der Waals surface area contributed by atoms with Crippen molar-refractivity contribution in [2.75, 3.05) is 18.8 Å². The van der Waals surface area contributed by atoms with E-state index >= 15 is 0 Å². The lowest BCUT2D eigenvalue weighted by atomic mass is 10.0. The molecule has 1 aliphatic heterocycles. The Bertz CT molecular complexity index is 741. The van der Waals surface area contributed by atoms with E-state index in [0.29, 0.717) is 17.6 Å². The summed E-state index contributed by atoms with van der Waals surface area (Å²) in [6.45, 7) is 4.00. The first-order valence-electron chi connectivity index (χ1n) is 9.13. The average Bonchev–Trinajstić information content (AvgIpc) is 3.40. The molecule has 1 atom stereocenters. The zero-order valence-corrected chi connectivity index (χ0v) is 15.4. The highest BCUT2D eigenvalue weighted by Gasteiger charge is 2.31. The van der Waals surface area contributed by atoms with Gasteiger partial charge in [-0.15, -0.1) is 10.2 Å². The van der Waals surface area contributed by atoms with Crippen LogP contribution in [0.15, 0.2) is 35.5 Å². The zero-order chi connectivity index (χ0) is 17.2. The third kappa shape index (κ3) is 3.73. The van der Waals surface area contributed by atoms with Gasteiger partial charge in [-0.05, 0) is 43.7 Å². The summed E-state index contributed by atoms with van der Waals surface area (Å²) in [5.74, 6) is 2.81. The molecule has 1 aliphatic carbocycles. The highest BCUT2D eigenvalue weighted by Crippen LogP contribution is 2.41. The van der Waals surface area contributed by atoms with E-state index in [1.165, 1.54) is 31.0 Å². The quantitative estimate of drug-likeness (QED) is 0.770. The van der Waals surface area contributed by atoms with Crippen LogP contribution in [0.25, 0.3) is 5.69 Å². The number of rotatable bonds is 5. The zero-order valence-electron chi connectivity index (χ0n) is 14.6. The van der Waals surface area contributed by atoms with Gasteiger partial charge in [0.05, 0.1) is 5.75 Å². The van der Waals surface area contributed by atoms with Crippen LogP contribution in [0.1, 0.15) is 44.3 Å². The molecule has 4 rings (SSSR count). The first-order valence-corrected chi connectivity index (χ1v) is 10.1. The molecule has 1 saturated heterocycles. The summed E-state index contributed by atoms with van der Waals surface area (Å²) in [6.07, 6.45) is 4.70.